The van der Waals surface area contributed by atoms with Crippen molar-refractivity contribution in [2.75, 3.05) is 13.1 Å². The van der Waals surface area contributed by atoms with Crippen LogP contribution in [-0.2, 0) is 10.0 Å². The molecule has 0 aliphatic rings. The minimum atomic E-state index is -3.72. The van der Waals surface area contributed by atoms with Gasteiger partial charge in [0.15, 0.2) is 0 Å². The van der Waals surface area contributed by atoms with Crippen LogP contribution in [0.2, 0.25) is 0 Å². The molecule has 9 heteroatoms. The van der Waals surface area contributed by atoms with Crippen molar-refractivity contribution in [2.45, 2.75) is 18.2 Å². The summed E-state index contributed by atoms with van der Waals surface area (Å²) in [6.07, 6.45) is 0.507. The third-order valence-electron chi connectivity index (χ3n) is 2.36. The molecule has 0 aromatic heterocycles. The maximum atomic E-state index is 11.8. The number of nitro benzene ring substituents is 1. The topological polar surface area (TPSA) is 115 Å². The Hall–Kier alpha value is -1.22. The molecule has 7 nitrogen and oxygen atoms in total. The molecule has 0 fully saturated rings. The van der Waals surface area contributed by atoms with Gasteiger partial charge in [-0.05, 0) is 26.0 Å². The van der Waals surface area contributed by atoms with Crippen molar-refractivity contribution in [3.8, 4) is 0 Å². The maximum absolute atomic E-state index is 11.8. The molecule has 0 aliphatic carbocycles. The highest BCUT2D eigenvalue weighted by atomic mass is 35.5. The van der Waals surface area contributed by atoms with Crippen LogP contribution < -0.4 is 10.5 Å². The number of benzene rings is 1. The molecule has 19 heavy (non-hydrogen) atoms. The second-order valence-electron chi connectivity index (χ2n) is 3.75. The lowest BCUT2D eigenvalue weighted by Crippen LogP contribution is -2.26. The summed E-state index contributed by atoms with van der Waals surface area (Å²) >= 11 is 0. The quantitative estimate of drug-likeness (QED) is 0.461. The molecule has 0 atom stereocenters. The van der Waals surface area contributed by atoms with Crippen LogP contribution >= 0.6 is 12.4 Å². The van der Waals surface area contributed by atoms with E-state index in [0.717, 1.165) is 6.07 Å². The Bertz CT molecular complexity index is 548. The van der Waals surface area contributed by atoms with Crippen molar-refractivity contribution in [1.82, 2.24) is 4.72 Å². The number of hydrogen-bond acceptors (Lipinski definition) is 5. The van der Waals surface area contributed by atoms with Crippen molar-refractivity contribution in [2.24, 2.45) is 5.73 Å². The highest BCUT2D eigenvalue weighted by molar-refractivity contribution is 7.89. The second-order valence-corrected chi connectivity index (χ2v) is 5.51. The summed E-state index contributed by atoms with van der Waals surface area (Å²) in [6, 6.07) is 3.81. The molecule has 3 N–H and O–H groups in total. The molecule has 1 rings (SSSR count). The van der Waals surface area contributed by atoms with E-state index in [9.17, 15) is 18.5 Å². The summed E-state index contributed by atoms with van der Waals surface area (Å²) in [5, 5.41) is 10.7. The zero-order valence-electron chi connectivity index (χ0n) is 10.3. The van der Waals surface area contributed by atoms with Crippen molar-refractivity contribution >= 4 is 28.1 Å². The number of rotatable bonds is 6. The lowest BCUT2D eigenvalue weighted by atomic mass is 10.2. The Morgan fingerprint density at radius 1 is 1.42 bits per heavy atom. The van der Waals surface area contributed by atoms with Gasteiger partial charge in [-0.2, -0.15) is 0 Å². The van der Waals surface area contributed by atoms with Crippen LogP contribution in [0.3, 0.4) is 0 Å². The molecular weight excluding hydrogens is 294 g/mol. The van der Waals surface area contributed by atoms with Crippen LogP contribution in [0.5, 0.6) is 0 Å². The predicted octanol–water partition coefficient (Wildman–Crippen LogP) is 0.952. The Morgan fingerprint density at radius 3 is 2.58 bits per heavy atom. The second kappa shape index (κ2) is 7.39. The largest absolute Gasteiger partial charge is 0.330 e. The third kappa shape index (κ3) is 4.75. The van der Waals surface area contributed by atoms with E-state index in [2.05, 4.69) is 4.72 Å². The van der Waals surface area contributed by atoms with E-state index in [-0.39, 0.29) is 29.5 Å². The summed E-state index contributed by atoms with van der Waals surface area (Å²) in [6.45, 7) is 2.13. The van der Waals surface area contributed by atoms with Gasteiger partial charge in [-0.3, -0.25) is 10.1 Å². The summed E-state index contributed by atoms with van der Waals surface area (Å²) in [5.41, 5.74) is 5.46. The molecule has 108 valence electrons. The number of sulfonamides is 1. The average Bonchev–Trinajstić information content (AvgIpc) is 2.29. The van der Waals surface area contributed by atoms with E-state index in [1.165, 1.54) is 12.1 Å². The minimum absolute atomic E-state index is 0. The van der Waals surface area contributed by atoms with E-state index in [1.807, 2.05) is 0 Å². The fraction of sp³-hybridized carbons (Fsp3) is 0.400. The van der Waals surface area contributed by atoms with Gasteiger partial charge in [-0.15, -0.1) is 12.4 Å². The van der Waals surface area contributed by atoms with Crippen molar-refractivity contribution in [3.05, 3.63) is 33.9 Å². The van der Waals surface area contributed by atoms with Crippen LogP contribution in [0.25, 0.3) is 0 Å². The number of hydrogen-bond donors (Lipinski definition) is 2. The maximum Gasteiger partial charge on any atom is 0.273 e. The Kier molecular flexibility index (Phi) is 6.91. The van der Waals surface area contributed by atoms with Crippen LogP contribution in [0.15, 0.2) is 23.1 Å². The zero-order chi connectivity index (χ0) is 13.8. The molecular formula is C10H16ClN3O4S. The van der Waals surface area contributed by atoms with Crippen LogP contribution in [-0.4, -0.2) is 26.4 Å². The summed E-state index contributed by atoms with van der Waals surface area (Å²) < 4.78 is 26.0. The molecule has 1 aromatic rings. The fourth-order valence-corrected chi connectivity index (χ4v) is 2.44. The smallest absolute Gasteiger partial charge is 0.273 e. The minimum Gasteiger partial charge on any atom is -0.330 e. The van der Waals surface area contributed by atoms with Gasteiger partial charge in [-0.1, -0.05) is 6.07 Å². The third-order valence-corrected chi connectivity index (χ3v) is 3.82. The van der Waals surface area contributed by atoms with Crippen molar-refractivity contribution in [1.29, 1.82) is 0 Å². The molecule has 0 saturated heterocycles. The first kappa shape index (κ1) is 17.8. The van der Waals surface area contributed by atoms with E-state index < -0.39 is 14.9 Å². The summed E-state index contributed by atoms with van der Waals surface area (Å²) in [5.74, 6) is 0. The summed E-state index contributed by atoms with van der Waals surface area (Å²) in [7, 11) is -3.72. The molecule has 0 saturated carbocycles. The molecule has 0 heterocycles. The monoisotopic (exact) mass is 309 g/mol. The Labute approximate surface area is 117 Å². The Balaban J connectivity index is 0.00000324. The van der Waals surface area contributed by atoms with E-state index in [1.54, 1.807) is 6.92 Å². The average molecular weight is 310 g/mol. The lowest BCUT2D eigenvalue weighted by molar-refractivity contribution is -0.385. The summed E-state index contributed by atoms with van der Waals surface area (Å²) in [4.78, 5) is 10.0. The zero-order valence-corrected chi connectivity index (χ0v) is 12.0. The number of nitrogens with one attached hydrogen (secondary N) is 1. The number of halogens is 1. The van der Waals surface area contributed by atoms with Gasteiger partial charge < -0.3 is 5.73 Å². The molecule has 0 amide bonds. The van der Waals surface area contributed by atoms with Gasteiger partial charge in [0.25, 0.3) is 5.69 Å². The van der Waals surface area contributed by atoms with Gasteiger partial charge in [-0.25, -0.2) is 13.1 Å². The Morgan fingerprint density at radius 2 is 2.05 bits per heavy atom. The van der Waals surface area contributed by atoms with Gasteiger partial charge in [0.05, 0.1) is 9.82 Å². The predicted molar refractivity (Wildman–Crippen MR) is 73.9 cm³/mol. The highest BCUT2D eigenvalue weighted by Gasteiger charge is 2.19. The van der Waals surface area contributed by atoms with E-state index in [4.69, 9.17) is 5.73 Å². The van der Waals surface area contributed by atoms with Gasteiger partial charge in [0.1, 0.15) is 0 Å². The molecule has 0 aliphatic heterocycles. The number of aryl methyl sites for hydroxylation is 1. The number of nitrogens with zero attached hydrogens (tertiary/aromatic N) is 1. The fourth-order valence-electron chi connectivity index (χ4n) is 1.34. The SMILES string of the molecule is Cc1ccc(S(=O)(=O)NCCCN)cc1[N+](=O)[O-].Cl. The van der Waals surface area contributed by atoms with Crippen LogP contribution in [0.4, 0.5) is 5.69 Å². The lowest BCUT2D eigenvalue weighted by Gasteiger charge is -2.06. The van der Waals surface area contributed by atoms with Crippen LogP contribution in [0, 0.1) is 17.0 Å². The van der Waals surface area contributed by atoms with Crippen molar-refractivity contribution < 1.29 is 13.3 Å². The standard InChI is InChI=1S/C10H15N3O4S.ClH/c1-8-3-4-9(7-10(8)13(14)15)18(16,17)12-6-2-5-11;/h3-4,7,12H,2,5-6,11H2,1H3;1H. The molecule has 0 spiro atoms. The van der Waals surface area contributed by atoms with Gasteiger partial charge >= 0.3 is 0 Å². The highest BCUT2D eigenvalue weighted by Crippen LogP contribution is 2.21. The first-order valence-corrected chi connectivity index (χ1v) is 6.81. The van der Waals surface area contributed by atoms with Crippen molar-refractivity contribution in [3.63, 3.8) is 0 Å². The normalized spacial score (nSPS) is 10.8. The first-order chi connectivity index (χ1) is 8.38. The number of nitro groups is 1. The van der Waals surface area contributed by atoms with E-state index >= 15 is 0 Å². The first-order valence-electron chi connectivity index (χ1n) is 5.33. The van der Waals surface area contributed by atoms with Gasteiger partial charge in [0, 0.05) is 18.2 Å². The number of nitrogens with two attached hydrogens (primary N) is 1. The molecule has 0 unspecified atom stereocenters. The molecule has 0 bridgehead atoms. The van der Waals surface area contributed by atoms with E-state index in [0.29, 0.717) is 18.5 Å². The molecule has 0 radical (unpaired) electrons. The van der Waals surface area contributed by atoms with Gasteiger partial charge in [0.2, 0.25) is 10.0 Å². The molecule has 1 aromatic carbocycles. The van der Waals surface area contributed by atoms with Crippen LogP contribution in [0.1, 0.15) is 12.0 Å².